The van der Waals surface area contributed by atoms with E-state index >= 15 is 0 Å². The van der Waals surface area contributed by atoms with E-state index in [2.05, 4.69) is 46.9 Å². The first-order valence-corrected chi connectivity index (χ1v) is 6.33. The van der Waals surface area contributed by atoms with Crippen molar-refractivity contribution in [1.82, 2.24) is 19.7 Å². The Hall–Kier alpha value is -1.08. The monoisotopic (exact) mass is 358 g/mol. The second kappa shape index (κ2) is 4.66. The summed E-state index contributed by atoms with van der Waals surface area (Å²) in [6, 6.07) is 1.84. The molecule has 0 amide bonds. The van der Waals surface area contributed by atoms with Crippen molar-refractivity contribution in [3.8, 4) is 5.95 Å². The van der Waals surface area contributed by atoms with Crippen molar-refractivity contribution in [3.05, 3.63) is 43.0 Å². The molecule has 2 aromatic rings. The summed E-state index contributed by atoms with van der Waals surface area (Å²) in [5.74, 6) is 0.278. The fourth-order valence-electron chi connectivity index (χ4n) is 1.36. The minimum Gasteiger partial charge on any atom is -0.266 e. The van der Waals surface area contributed by atoms with Crippen LogP contribution in [0.4, 0.5) is 0 Å². The highest BCUT2D eigenvalue weighted by molar-refractivity contribution is 9.13. The summed E-state index contributed by atoms with van der Waals surface area (Å²) in [6.45, 7) is 3.69. The molecule has 0 atom stereocenters. The van der Waals surface area contributed by atoms with E-state index in [1.807, 2.05) is 19.9 Å². The molecule has 0 spiro atoms. The third-order valence-electron chi connectivity index (χ3n) is 2.04. The normalized spacial score (nSPS) is 10.6. The van der Waals surface area contributed by atoms with Gasteiger partial charge in [0, 0.05) is 11.4 Å². The van der Waals surface area contributed by atoms with Crippen LogP contribution in [0.1, 0.15) is 11.4 Å². The first-order chi connectivity index (χ1) is 7.99. The Labute approximate surface area is 114 Å². The second-order valence-corrected chi connectivity index (χ2v) is 5.12. The van der Waals surface area contributed by atoms with E-state index in [0.717, 1.165) is 16.1 Å². The smallest absolute Gasteiger partial charge is 0.266 e. The molecule has 2 aromatic heterocycles. The van der Waals surface area contributed by atoms with E-state index in [1.165, 1.54) is 6.20 Å². The molecule has 0 saturated heterocycles. The molecule has 0 fully saturated rings. The fourth-order valence-corrected chi connectivity index (χ4v) is 1.89. The van der Waals surface area contributed by atoms with Gasteiger partial charge in [0.05, 0.1) is 10.7 Å². The standard InChI is InChI=1S/C10H8Br2N4O/c1-5-3-6(2)15-10(14-5)16-9(17)8(12)7(11)4-13-16/h3-4H,1-2H3. The average molecular weight is 360 g/mol. The number of rotatable bonds is 1. The van der Waals surface area contributed by atoms with Crippen molar-refractivity contribution in [2.24, 2.45) is 0 Å². The number of hydrogen-bond acceptors (Lipinski definition) is 4. The van der Waals surface area contributed by atoms with E-state index in [-0.39, 0.29) is 11.5 Å². The van der Waals surface area contributed by atoms with Gasteiger partial charge in [-0.25, -0.2) is 9.97 Å². The van der Waals surface area contributed by atoms with Crippen molar-refractivity contribution in [2.45, 2.75) is 13.8 Å². The quantitative estimate of drug-likeness (QED) is 0.782. The molecule has 0 saturated carbocycles. The summed E-state index contributed by atoms with van der Waals surface area (Å²) in [6.07, 6.45) is 1.52. The van der Waals surface area contributed by atoms with Crippen LogP contribution in [0.2, 0.25) is 0 Å². The van der Waals surface area contributed by atoms with Crippen LogP contribution in [0.25, 0.3) is 5.95 Å². The maximum Gasteiger partial charge on any atom is 0.289 e. The molecule has 88 valence electrons. The molecule has 17 heavy (non-hydrogen) atoms. The van der Waals surface area contributed by atoms with Crippen LogP contribution >= 0.6 is 31.9 Å². The summed E-state index contributed by atoms with van der Waals surface area (Å²) in [5.41, 5.74) is 1.28. The first-order valence-electron chi connectivity index (χ1n) is 4.75. The molecule has 0 radical (unpaired) electrons. The average Bonchev–Trinajstić information content (AvgIpc) is 2.24. The molecule has 0 aromatic carbocycles. The minimum atomic E-state index is -0.302. The molecular formula is C10H8Br2N4O. The summed E-state index contributed by atoms with van der Waals surface area (Å²) in [4.78, 5) is 20.3. The Morgan fingerprint density at radius 2 is 1.76 bits per heavy atom. The Kier molecular flexibility index (Phi) is 3.39. The maximum atomic E-state index is 12.0. The summed E-state index contributed by atoms with van der Waals surface area (Å²) in [7, 11) is 0. The van der Waals surface area contributed by atoms with Gasteiger partial charge in [0.25, 0.3) is 11.5 Å². The molecule has 0 bridgehead atoms. The maximum absolute atomic E-state index is 12.0. The van der Waals surface area contributed by atoms with Gasteiger partial charge in [0.15, 0.2) is 0 Å². The van der Waals surface area contributed by atoms with Gasteiger partial charge in [0.1, 0.15) is 4.47 Å². The van der Waals surface area contributed by atoms with Crippen LogP contribution < -0.4 is 5.56 Å². The van der Waals surface area contributed by atoms with Crippen molar-refractivity contribution < 1.29 is 0 Å². The predicted molar refractivity (Wildman–Crippen MR) is 70.3 cm³/mol. The molecule has 2 rings (SSSR count). The Morgan fingerprint density at radius 1 is 1.18 bits per heavy atom. The SMILES string of the molecule is Cc1cc(C)nc(-n2ncc(Br)c(Br)c2=O)n1. The Morgan fingerprint density at radius 3 is 2.35 bits per heavy atom. The number of halogens is 2. The lowest BCUT2D eigenvalue weighted by atomic mass is 10.4. The summed E-state index contributed by atoms with van der Waals surface area (Å²) >= 11 is 6.41. The molecule has 0 aliphatic carbocycles. The van der Waals surface area contributed by atoms with Gasteiger partial charge in [0.2, 0.25) is 0 Å². The largest absolute Gasteiger partial charge is 0.289 e. The van der Waals surface area contributed by atoms with Crippen LogP contribution in [0.3, 0.4) is 0 Å². The van der Waals surface area contributed by atoms with Crippen LogP contribution in [0.5, 0.6) is 0 Å². The highest BCUT2D eigenvalue weighted by Crippen LogP contribution is 2.17. The lowest BCUT2D eigenvalue weighted by molar-refractivity contribution is 0.735. The van der Waals surface area contributed by atoms with Crippen LogP contribution in [0, 0.1) is 13.8 Å². The van der Waals surface area contributed by atoms with Gasteiger partial charge in [-0.15, -0.1) is 0 Å². The van der Waals surface area contributed by atoms with Gasteiger partial charge in [-0.1, -0.05) is 0 Å². The van der Waals surface area contributed by atoms with Gasteiger partial charge in [-0.3, -0.25) is 4.79 Å². The second-order valence-electron chi connectivity index (χ2n) is 3.47. The predicted octanol–water partition coefficient (Wildman–Crippen LogP) is 2.16. The molecule has 7 heteroatoms. The molecule has 0 unspecified atom stereocenters. The Balaban J connectivity index is 2.69. The minimum absolute atomic E-state index is 0.278. The highest BCUT2D eigenvalue weighted by atomic mass is 79.9. The molecular weight excluding hydrogens is 352 g/mol. The zero-order valence-electron chi connectivity index (χ0n) is 9.11. The summed E-state index contributed by atoms with van der Waals surface area (Å²) in [5, 5.41) is 3.99. The van der Waals surface area contributed by atoms with Gasteiger partial charge in [-0.2, -0.15) is 9.78 Å². The van der Waals surface area contributed by atoms with Gasteiger partial charge in [-0.05, 0) is 51.8 Å². The van der Waals surface area contributed by atoms with Crippen LogP contribution in [0.15, 0.2) is 26.0 Å². The van der Waals surface area contributed by atoms with Crippen molar-refractivity contribution in [1.29, 1.82) is 0 Å². The molecule has 0 N–H and O–H groups in total. The van der Waals surface area contributed by atoms with E-state index < -0.39 is 0 Å². The zero-order chi connectivity index (χ0) is 12.6. The zero-order valence-corrected chi connectivity index (χ0v) is 12.3. The van der Waals surface area contributed by atoms with Gasteiger partial charge < -0.3 is 0 Å². The number of nitrogens with zero attached hydrogens (tertiary/aromatic N) is 4. The molecule has 2 heterocycles. The topological polar surface area (TPSA) is 60.7 Å². The fraction of sp³-hybridized carbons (Fsp3) is 0.200. The highest BCUT2D eigenvalue weighted by Gasteiger charge is 2.10. The van der Waals surface area contributed by atoms with Crippen LogP contribution in [-0.4, -0.2) is 19.7 Å². The molecule has 0 aliphatic rings. The number of hydrogen-bond donors (Lipinski definition) is 0. The van der Waals surface area contributed by atoms with Crippen molar-refractivity contribution >= 4 is 31.9 Å². The van der Waals surface area contributed by atoms with E-state index in [4.69, 9.17) is 0 Å². The molecule has 5 nitrogen and oxygen atoms in total. The van der Waals surface area contributed by atoms with Crippen molar-refractivity contribution in [3.63, 3.8) is 0 Å². The lowest BCUT2D eigenvalue weighted by Crippen LogP contribution is -2.24. The van der Waals surface area contributed by atoms with E-state index in [1.54, 1.807) is 0 Å². The van der Waals surface area contributed by atoms with E-state index in [9.17, 15) is 4.79 Å². The summed E-state index contributed by atoms with van der Waals surface area (Å²) < 4.78 is 2.16. The van der Waals surface area contributed by atoms with Gasteiger partial charge >= 0.3 is 0 Å². The molecule has 0 aliphatic heterocycles. The lowest BCUT2D eigenvalue weighted by Gasteiger charge is -2.05. The van der Waals surface area contributed by atoms with Crippen LogP contribution in [-0.2, 0) is 0 Å². The third kappa shape index (κ3) is 2.44. The third-order valence-corrected chi connectivity index (χ3v) is 3.94. The Bertz CT molecular complexity index is 618. The first kappa shape index (κ1) is 12.4. The van der Waals surface area contributed by atoms with Crippen molar-refractivity contribution in [2.75, 3.05) is 0 Å². The number of aromatic nitrogens is 4. The van der Waals surface area contributed by atoms with E-state index in [0.29, 0.717) is 8.95 Å². The number of aryl methyl sites for hydroxylation is 2.